The molecule has 0 radical (unpaired) electrons. The van der Waals surface area contributed by atoms with E-state index in [4.69, 9.17) is 27.8 Å². The minimum absolute atomic E-state index is 0.176. The number of fused-ring (bicyclic) bond motifs is 3. The van der Waals surface area contributed by atoms with Gasteiger partial charge in [0.15, 0.2) is 0 Å². The number of rotatable bonds is 9. The number of amides is 3. The van der Waals surface area contributed by atoms with Crippen LogP contribution in [-0.2, 0) is 32.5 Å². The van der Waals surface area contributed by atoms with Gasteiger partial charge in [-0.2, -0.15) is 15.8 Å². The predicted molar refractivity (Wildman–Crippen MR) is 231 cm³/mol. The lowest BCUT2D eigenvalue weighted by molar-refractivity contribution is -0.155. The Balaban J connectivity index is 1.24. The summed E-state index contributed by atoms with van der Waals surface area (Å²) in [5, 5.41) is 30.1. The van der Waals surface area contributed by atoms with Crippen molar-refractivity contribution in [2.45, 2.75) is 133 Å². The van der Waals surface area contributed by atoms with Crippen molar-refractivity contribution < 1.29 is 46.7 Å². The van der Waals surface area contributed by atoms with Gasteiger partial charge in [-0.25, -0.2) is 4.57 Å². The second kappa shape index (κ2) is 16.2. The Kier molecular flexibility index (Phi) is 11.0. The molecule has 0 aliphatic carbocycles. The van der Waals surface area contributed by atoms with Crippen LogP contribution < -0.4 is 14.2 Å². The second-order valence-corrected chi connectivity index (χ2v) is 20.7. The van der Waals surface area contributed by atoms with Gasteiger partial charge in [-0.05, 0) is 115 Å². The third-order valence-corrected chi connectivity index (χ3v) is 14.9. The lowest BCUT2D eigenvalue weighted by atomic mass is 9.85. The van der Waals surface area contributed by atoms with Gasteiger partial charge in [-0.15, -0.1) is 0 Å². The minimum atomic E-state index is -5.20. The molecule has 0 saturated carbocycles. The highest BCUT2D eigenvalue weighted by Crippen LogP contribution is 2.64. The molecule has 3 amide bonds. The maximum atomic E-state index is 16.8. The van der Waals surface area contributed by atoms with Crippen molar-refractivity contribution in [2.24, 2.45) is 0 Å². The van der Waals surface area contributed by atoms with Crippen LogP contribution in [0.4, 0.5) is 0 Å². The summed E-state index contributed by atoms with van der Waals surface area (Å²) in [5.41, 5.74) is -1.70. The Morgan fingerprint density at radius 3 is 1.03 bits per heavy atom. The first-order valence-corrected chi connectivity index (χ1v) is 23.6. The van der Waals surface area contributed by atoms with E-state index >= 15 is 4.57 Å². The highest BCUT2D eigenvalue weighted by atomic mass is 31.2. The van der Waals surface area contributed by atoms with Crippen molar-refractivity contribution in [3.8, 4) is 35.5 Å². The van der Waals surface area contributed by atoms with Gasteiger partial charge in [0.2, 0.25) is 17.7 Å². The molecule has 3 fully saturated rings. The number of carbonyl (C=O) groups excluding carboxylic acids is 3. The van der Waals surface area contributed by atoms with Crippen molar-refractivity contribution in [3.63, 3.8) is 0 Å². The number of nitriles is 3. The Labute approximate surface area is 378 Å². The second-order valence-electron chi connectivity index (χ2n) is 19.1. The van der Waals surface area contributed by atoms with Crippen LogP contribution in [0.25, 0.3) is 0 Å². The summed E-state index contributed by atoms with van der Waals surface area (Å²) in [4.78, 5) is 46.4. The summed E-state index contributed by atoms with van der Waals surface area (Å²) in [7, 11) is -5.20. The summed E-state index contributed by atoms with van der Waals surface area (Å²) < 4.78 is 57.7. The van der Waals surface area contributed by atoms with E-state index in [1.54, 1.807) is 111 Å². The van der Waals surface area contributed by atoms with Crippen molar-refractivity contribution in [3.05, 3.63) is 88.0 Å². The molecule has 6 atom stereocenters. The molecule has 0 spiro atoms. The zero-order valence-electron chi connectivity index (χ0n) is 37.2. The number of carbonyl (C=O) groups is 3. The van der Waals surface area contributed by atoms with Crippen molar-refractivity contribution in [1.29, 1.82) is 15.8 Å². The van der Waals surface area contributed by atoms with Gasteiger partial charge in [0.1, 0.15) is 52.4 Å². The maximum absolute atomic E-state index is 16.8. The summed E-state index contributed by atoms with van der Waals surface area (Å²) in [6.45, 7) is 11.5. The third-order valence-electron chi connectivity index (χ3n) is 13.5. The highest BCUT2D eigenvalue weighted by molar-refractivity contribution is 7.48. The smallest absolute Gasteiger partial charge is 0.476 e. The fourth-order valence-corrected chi connectivity index (χ4v) is 12.5. The van der Waals surface area contributed by atoms with E-state index in [1.165, 1.54) is 0 Å². The number of nitrogens with zero attached hydrogens (tertiary/aromatic N) is 6. The molecule has 0 unspecified atom stereocenters. The Morgan fingerprint density at radius 2 is 0.800 bits per heavy atom. The summed E-state index contributed by atoms with van der Waals surface area (Å²) in [6.07, 6.45) is -1.43. The number of ether oxygens (including phenoxy) is 3. The number of phosphoric acid groups is 1. The van der Waals surface area contributed by atoms with Gasteiger partial charge in [0, 0.05) is 55.6 Å². The van der Waals surface area contributed by atoms with Crippen LogP contribution in [0.15, 0.2) is 54.6 Å². The molecule has 16 nitrogen and oxygen atoms in total. The standard InChI is InChI=1S/C48H51N6O10P/c1-46(2)43(40(52-19-7-10-37(52)55)31-22-28(25-49)13-16-34(31)59-46)62-65(58,63-44-41(53-20-8-11-38(53)56)32-23-29(26-50)14-17-35(32)60-47(44,3)4)64-45-42(54-21-9-12-39(54)57)33-24-30(27-51)15-18-36(33)61-48(45,5)6/h13-18,22-24,40-45H,7-12,19-21H2,1-6H3/t40-,41-,42+,43+,44+,45-/m0/s1. The van der Waals surface area contributed by atoms with Crippen LogP contribution in [0, 0.1) is 34.0 Å². The minimum Gasteiger partial charge on any atom is -0.485 e. The predicted octanol–water partition coefficient (Wildman–Crippen LogP) is 7.47. The molecule has 65 heavy (non-hydrogen) atoms. The number of benzene rings is 3. The molecule has 6 aliphatic rings. The first-order valence-electron chi connectivity index (χ1n) is 22.1. The molecular formula is C48H51N6O10P. The number of hydrogen-bond donors (Lipinski definition) is 0. The summed E-state index contributed by atoms with van der Waals surface area (Å²) in [6, 6.07) is 18.5. The molecule has 6 heterocycles. The van der Waals surface area contributed by atoms with E-state index in [0.717, 1.165) is 0 Å². The number of phosphoric ester groups is 1. The Morgan fingerprint density at radius 1 is 0.523 bits per heavy atom. The van der Waals surface area contributed by atoms with Gasteiger partial charge in [0.05, 0.1) is 53.0 Å². The van der Waals surface area contributed by atoms with E-state index < -0.39 is 61.1 Å². The average molecular weight is 903 g/mol. The first kappa shape index (κ1) is 44.3. The van der Waals surface area contributed by atoms with Crippen molar-refractivity contribution in [2.75, 3.05) is 19.6 Å². The molecule has 9 rings (SSSR count). The largest absolute Gasteiger partial charge is 0.485 e. The van der Waals surface area contributed by atoms with E-state index in [0.29, 0.717) is 89.5 Å². The van der Waals surface area contributed by atoms with E-state index in [9.17, 15) is 30.2 Å². The first-order chi connectivity index (χ1) is 30.9. The van der Waals surface area contributed by atoms with Crippen LogP contribution in [-0.4, -0.2) is 87.2 Å². The van der Waals surface area contributed by atoms with E-state index in [1.807, 2.05) is 0 Å². The van der Waals surface area contributed by atoms with Crippen LogP contribution in [0.3, 0.4) is 0 Å². The van der Waals surface area contributed by atoms with E-state index in [-0.39, 0.29) is 37.0 Å². The Bertz CT molecular complexity index is 2380. The van der Waals surface area contributed by atoms with Gasteiger partial charge in [-0.3, -0.25) is 28.0 Å². The lowest BCUT2D eigenvalue weighted by Crippen LogP contribution is -2.58. The molecule has 17 heteroatoms. The summed E-state index contributed by atoms with van der Waals surface area (Å²) in [5.74, 6) is 0.705. The van der Waals surface area contributed by atoms with Gasteiger partial charge in [0.25, 0.3) is 0 Å². The zero-order valence-corrected chi connectivity index (χ0v) is 38.1. The average Bonchev–Trinajstić information content (AvgIpc) is 4.01. The van der Waals surface area contributed by atoms with Gasteiger partial charge >= 0.3 is 7.82 Å². The van der Waals surface area contributed by atoms with Crippen molar-refractivity contribution in [1.82, 2.24) is 14.7 Å². The van der Waals surface area contributed by atoms with Crippen LogP contribution in [0.1, 0.15) is 132 Å². The van der Waals surface area contributed by atoms with Crippen LogP contribution >= 0.6 is 7.82 Å². The SMILES string of the molecule is CC1(C)Oc2ccc(C#N)cc2[C@H](N2CCCC2=O)[C@H]1OP(=O)(O[C@@H]1[C@@H](N2CCCC2=O)c2cc(C#N)ccc2OC1(C)C)O[C@H]1[C@H](N2CCCC2=O)c2cc(C#N)ccc2OC1(C)C. The van der Waals surface area contributed by atoms with Gasteiger partial charge < -0.3 is 28.9 Å². The highest BCUT2D eigenvalue weighted by Gasteiger charge is 2.60. The molecule has 0 N–H and O–H groups in total. The van der Waals surface area contributed by atoms with Gasteiger partial charge in [-0.1, -0.05) is 0 Å². The number of hydrogen-bond acceptors (Lipinski definition) is 13. The molecule has 6 aliphatic heterocycles. The quantitative estimate of drug-likeness (QED) is 0.191. The number of likely N-dealkylation sites (tertiary alicyclic amines) is 3. The summed E-state index contributed by atoms with van der Waals surface area (Å²) >= 11 is 0. The Hall–Kier alpha value is -5.95. The molecule has 0 aromatic heterocycles. The molecule has 0 bridgehead atoms. The lowest BCUT2D eigenvalue weighted by Gasteiger charge is -2.51. The van der Waals surface area contributed by atoms with Crippen LogP contribution in [0.2, 0.25) is 0 Å². The molecule has 3 saturated heterocycles. The maximum Gasteiger partial charge on any atom is 0.476 e. The van der Waals surface area contributed by atoms with Crippen LogP contribution in [0.5, 0.6) is 17.2 Å². The van der Waals surface area contributed by atoms with E-state index in [2.05, 4.69) is 18.2 Å². The molecular weight excluding hydrogens is 852 g/mol. The fraction of sp³-hybridized carbons (Fsp3) is 0.500. The molecule has 338 valence electrons. The fourth-order valence-electron chi connectivity index (χ4n) is 10.4. The topological polar surface area (TPSA) is 205 Å². The molecule has 3 aromatic rings. The monoisotopic (exact) mass is 902 g/mol. The third kappa shape index (κ3) is 7.79. The normalized spacial score (nSPS) is 27.3. The van der Waals surface area contributed by atoms with Crippen molar-refractivity contribution >= 4 is 25.5 Å². The zero-order chi connectivity index (χ0) is 46.2. The molecule has 3 aromatic carbocycles.